The van der Waals surface area contributed by atoms with Gasteiger partial charge in [0.25, 0.3) is 0 Å². The number of carbonyl (C=O) groups excluding carboxylic acids is 1. The summed E-state index contributed by atoms with van der Waals surface area (Å²) in [7, 11) is 0. The molecule has 0 atom stereocenters. The Morgan fingerprint density at radius 3 is 2.30 bits per heavy atom. The SMILES string of the molecule is O=C(O)CN(Cc1ccccc1O)C(=O)OCc1ccccc1. The van der Waals surface area contributed by atoms with Crippen molar-refractivity contribution in [3.05, 3.63) is 65.7 Å². The summed E-state index contributed by atoms with van der Waals surface area (Å²) in [5, 5.41) is 18.7. The third kappa shape index (κ3) is 5.03. The number of aromatic hydroxyl groups is 1. The molecule has 2 aromatic carbocycles. The monoisotopic (exact) mass is 315 g/mol. The van der Waals surface area contributed by atoms with E-state index in [9.17, 15) is 14.7 Å². The van der Waals surface area contributed by atoms with Crippen molar-refractivity contribution in [1.29, 1.82) is 0 Å². The van der Waals surface area contributed by atoms with Crippen molar-refractivity contribution in [3.63, 3.8) is 0 Å². The van der Waals surface area contributed by atoms with Gasteiger partial charge in [0.2, 0.25) is 0 Å². The fourth-order valence-electron chi connectivity index (χ4n) is 2.01. The first-order chi connectivity index (χ1) is 11.1. The van der Waals surface area contributed by atoms with Crippen LogP contribution in [0.1, 0.15) is 11.1 Å². The van der Waals surface area contributed by atoms with Crippen LogP contribution in [-0.4, -0.2) is 33.7 Å². The Bertz CT molecular complexity index is 672. The number of phenolic OH excluding ortho intramolecular Hbond substituents is 1. The van der Waals surface area contributed by atoms with Crippen LogP contribution in [0.2, 0.25) is 0 Å². The number of benzene rings is 2. The van der Waals surface area contributed by atoms with E-state index in [0.717, 1.165) is 10.5 Å². The second-order valence-electron chi connectivity index (χ2n) is 4.92. The van der Waals surface area contributed by atoms with E-state index in [4.69, 9.17) is 9.84 Å². The molecule has 0 aromatic heterocycles. The molecular weight excluding hydrogens is 298 g/mol. The van der Waals surface area contributed by atoms with E-state index in [0.29, 0.717) is 5.56 Å². The van der Waals surface area contributed by atoms with Gasteiger partial charge in [0.05, 0.1) is 6.54 Å². The second kappa shape index (κ2) is 7.84. The summed E-state index contributed by atoms with van der Waals surface area (Å²) in [5.41, 5.74) is 1.25. The quantitative estimate of drug-likeness (QED) is 0.855. The predicted molar refractivity (Wildman–Crippen MR) is 82.8 cm³/mol. The molecule has 120 valence electrons. The molecule has 2 rings (SSSR count). The Hall–Kier alpha value is -3.02. The zero-order chi connectivity index (χ0) is 16.7. The molecule has 0 aliphatic rings. The molecule has 0 aliphatic heterocycles. The predicted octanol–water partition coefficient (Wildman–Crippen LogP) is 2.62. The molecule has 0 saturated carbocycles. The molecule has 0 aliphatic carbocycles. The summed E-state index contributed by atoms with van der Waals surface area (Å²) in [5.74, 6) is -1.16. The van der Waals surface area contributed by atoms with Gasteiger partial charge in [-0.3, -0.25) is 9.69 Å². The molecule has 0 bridgehead atoms. The zero-order valence-corrected chi connectivity index (χ0v) is 12.4. The lowest BCUT2D eigenvalue weighted by Gasteiger charge is -2.20. The lowest BCUT2D eigenvalue weighted by Crippen LogP contribution is -2.35. The number of nitrogens with zero attached hydrogens (tertiary/aromatic N) is 1. The topological polar surface area (TPSA) is 87.1 Å². The van der Waals surface area contributed by atoms with Crippen LogP contribution >= 0.6 is 0 Å². The van der Waals surface area contributed by atoms with Crippen LogP contribution in [0.4, 0.5) is 4.79 Å². The molecule has 6 nitrogen and oxygen atoms in total. The van der Waals surface area contributed by atoms with E-state index in [2.05, 4.69) is 0 Å². The van der Waals surface area contributed by atoms with Gasteiger partial charge < -0.3 is 14.9 Å². The van der Waals surface area contributed by atoms with E-state index >= 15 is 0 Å². The highest BCUT2D eigenvalue weighted by Gasteiger charge is 2.20. The van der Waals surface area contributed by atoms with Crippen molar-refractivity contribution in [2.75, 3.05) is 6.54 Å². The highest BCUT2D eigenvalue weighted by molar-refractivity contribution is 5.76. The zero-order valence-electron chi connectivity index (χ0n) is 12.4. The summed E-state index contributed by atoms with van der Waals surface area (Å²) in [6.07, 6.45) is -0.750. The van der Waals surface area contributed by atoms with Crippen molar-refractivity contribution in [2.45, 2.75) is 13.2 Å². The molecule has 6 heteroatoms. The highest BCUT2D eigenvalue weighted by Crippen LogP contribution is 2.18. The third-order valence-electron chi connectivity index (χ3n) is 3.14. The van der Waals surface area contributed by atoms with Gasteiger partial charge in [-0.05, 0) is 11.6 Å². The van der Waals surface area contributed by atoms with Crippen LogP contribution in [0, 0.1) is 0 Å². The molecule has 0 heterocycles. The molecule has 2 N–H and O–H groups in total. The minimum atomic E-state index is -1.16. The number of carbonyl (C=O) groups is 2. The van der Waals surface area contributed by atoms with Crippen molar-refractivity contribution in [2.24, 2.45) is 0 Å². The molecular formula is C17H17NO5. The normalized spacial score (nSPS) is 10.1. The van der Waals surface area contributed by atoms with Crippen molar-refractivity contribution in [1.82, 2.24) is 4.90 Å². The third-order valence-corrected chi connectivity index (χ3v) is 3.14. The van der Waals surface area contributed by atoms with Crippen LogP contribution in [0.15, 0.2) is 54.6 Å². The summed E-state index contributed by atoms with van der Waals surface area (Å²) in [6.45, 7) is -0.509. The number of carboxylic acid groups (broad SMARTS) is 1. The lowest BCUT2D eigenvalue weighted by molar-refractivity contribution is -0.138. The van der Waals surface area contributed by atoms with Gasteiger partial charge in [-0.25, -0.2) is 4.79 Å². The Kier molecular flexibility index (Phi) is 5.57. The maximum atomic E-state index is 12.1. The van der Waals surface area contributed by atoms with Gasteiger partial charge in [0, 0.05) is 5.56 Å². The minimum absolute atomic E-state index is 0.00116. The van der Waals surface area contributed by atoms with Crippen molar-refractivity contribution >= 4 is 12.1 Å². The van der Waals surface area contributed by atoms with Crippen LogP contribution in [0.5, 0.6) is 5.75 Å². The number of ether oxygens (including phenoxy) is 1. The Labute approximate surface area is 133 Å². The van der Waals surface area contributed by atoms with Crippen molar-refractivity contribution < 1.29 is 24.5 Å². The minimum Gasteiger partial charge on any atom is -0.508 e. The smallest absolute Gasteiger partial charge is 0.410 e. The molecule has 0 radical (unpaired) electrons. The number of carboxylic acids is 1. The van der Waals surface area contributed by atoms with Gasteiger partial charge in [-0.2, -0.15) is 0 Å². The molecule has 1 amide bonds. The van der Waals surface area contributed by atoms with E-state index in [-0.39, 0.29) is 18.9 Å². The fraction of sp³-hybridized carbons (Fsp3) is 0.176. The average Bonchev–Trinajstić information content (AvgIpc) is 2.54. The molecule has 2 aromatic rings. The lowest BCUT2D eigenvalue weighted by atomic mass is 10.2. The van der Waals surface area contributed by atoms with Crippen LogP contribution in [-0.2, 0) is 22.7 Å². The average molecular weight is 315 g/mol. The molecule has 0 unspecified atom stereocenters. The first kappa shape index (κ1) is 16.4. The Balaban J connectivity index is 2.03. The van der Waals surface area contributed by atoms with E-state index in [1.54, 1.807) is 30.3 Å². The molecule has 0 saturated heterocycles. The highest BCUT2D eigenvalue weighted by atomic mass is 16.6. The van der Waals surface area contributed by atoms with Crippen LogP contribution < -0.4 is 0 Å². The number of aliphatic carboxylic acids is 1. The number of para-hydroxylation sites is 1. The number of hydrogen-bond donors (Lipinski definition) is 2. The standard InChI is InChI=1S/C17H17NO5/c19-15-9-5-4-8-14(15)10-18(11-16(20)21)17(22)23-12-13-6-2-1-3-7-13/h1-9,19H,10-12H2,(H,20,21). The number of hydrogen-bond acceptors (Lipinski definition) is 4. The Morgan fingerprint density at radius 2 is 1.65 bits per heavy atom. The van der Waals surface area contributed by atoms with E-state index in [1.165, 1.54) is 6.07 Å². The summed E-state index contributed by atoms with van der Waals surface area (Å²) < 4.78 is 5.15. The van der Waals surface area contributed by atoms with E-state index in [1.807, 2.05) is 18.2 Å². The molecule has 23 heavy (non-hydrogen) atoms. The first-order valence-electron chi connectivity index (χ1n) is 7.00. The van der Waals surface area contributed by atoms with E-state index < -0.39 is 18.6 Å². The van der Waals surface area contributed by atoms with Crippen LogP contribution in [0.25, 0.3) is 0 Å². The largest absolute Gasteiger partial charge is 0.508 e. The van der Waals surface area contributed by atoms with Crippen molar-refractivity contribution in [3.8, 4) is 5.75 Å². The van der Waals surface area contributed by atoms with Gasteiger partial charge in [0.1, 0.15) is 18.9 Å². The maximum absolute atomic E-state index is 12.1. The summed E-state index contributed by atoms with van der Waals surface area (Å²) in [4.78, 5) is 24.1. The first-order valence-corrected chi connectivity index (χ1v) is 7.00. The number of amides is 1. The van der Waals surface area contributed by atoms with Gasteiger partial charge in [-0.15, -0.1) is 0 Å². The molecule has 0 spiro atoms. The fourth-order valence-corrected chi connectivity index (χ4v) is 2.01. The number of rotatable bonds is 6. The van der Waals surface area contributed by atoms with Gasteiger partial charge in [0.15, 0.2) is 0 Å². The maximum Gasteiger partial charge on any atom is 0.410 e. The van der Waals surface area contributed by atoms with Gasteiger partial charge >= 0.3 is 12.1 Å². The second-order valence-corrected chi connectivity index (χ2v) is 4.92. The van der Waals surface area contributed by atoms with Gasteiger partial charge in [-0.1, -0.05) is 48.5 Å². The summed E-state index contributed by atoms with van der Waals surface area (Å²) >= 11 is 0. The summed E-state index contributed by atoms with van der Waals surface area (Å²) in [6, 6.07) is 15.5. The number of phenols is 1. The molecule has 0 fully saturated rings. The van der Waals surface area contributed by atoms with Crippen LogP contribution in [0.3, 0.4) is 0 Å². The Morgan fingerprint density at radius 1 is 1.00 bits per heavy atom.